The molecule has 0 aliphatic carbocycles. The molecule has 1 amide bonds. The van der Waals surface area contributed by atoms with Crippen LogP contribution in [0.25, 0.3) is 10.2 Å². The van der Waals surface area contributed by atoms with Gasteiger partial charge in [-0.3, -0.25) is 4.79 Å². The van der Waals surface area contributed by atoms with Crippen LogP contribution in [0.2, 0.25) is 0 Å². The summed E-state index contributed by atoms with van der Waals surface area (Å²) in [6.07, 6.45) is 0. The summed E-state index contributed by atoms with van der Waals surface area (Å²) in [6, 6.07) is 9.81. The highest BCUT2D eigenvalue weighted by atomic mass is 32.2. The minimum atomic E-state index is -0.229. The van der Waals surface area contributed by atoms with E-state index in [1.54, 1.807) is 11.3 Å². The average molecular weight is 386 g/mol. The van der Waals surface area contributed by atoms with Gasteiger partial charge in [-0.2, -0.15) is 0 Å². The molecule has 0 N–H and O–H groups in total. The Balaban J connectivity index is 1.91. The van der Waals surface area contributed by atoms with Gasteiger partial charge in [-0.15, -0.1) is 11.3 Å². The fourth-order valence-corrected chi connectivity index (χ4v) is 5.17. The topological polar surface area (TPSA) is 46.1 Å². The van der Waals surface area contributed by atoms with Crippen molar-refractivity contribution in [3.63, 3.8) is 0 Å². The number of hydrogen-bond donors (Lipinski definition) is 0. The highest BCUT2D eigenvalue weighted by Gasteiger charge is 2.24. The van der Waals surface area contributed by atoms with Gasteiger partial charge in [0.1, 0.15) is 15.7 Å². The Morgan fingerprint density at radius 2 is 1.88 bits per heavy atom. The van der Waals surface area contributed by atoms with Crippen LogP contribution in [0.1, 0.15) is 30.1 Å². The molecule has 0 aliphatic rings. The molecule has 0 saturated carbocycles. The van der Waals surface area contributed by atoms with E-state index in [0.29, 0.717) is 6.54 Å². The van der Waals surface area contributed by atoms with Crippen LogP contribution < -0.4 is 4.90 Å². The predicted octanol–water partition coefficient (Wildman–Crippen LogP) is 5.15. The maximum atomic E-state index is 13.1. The first-order valence-corrected chi connectivity index (χ1v) is 10.4. The first-order chi connectivity index (χ1) is 12.4. The fourth-order valence-electron chi connectivity index (χ4n) is 2.91. The zero-order chi connectivity index (χ0) is 18.8. The third kappa shape index (κ3) is 3.62. The smallest absolute Gasteiger partial charge is 0.240 e. The van der Waals surface area contributed by atoms with E-state index in [4.69, 9.17) is 0 Å². The van der Waals surface area contributed by atoms with Crippen molar-refractivity contribution >= 4 is 44.9 Å². The van der Waals surface area contributed by atoms with Gasteiger partial charge in [-0.1, -0.05) is 30.0 Å². The van der Waals surface area contributed by atoms with Crippen molar-refractivity contribution in [2.75, 3.05) is 11.4 Å². The van der Waals surface area contributed by atoms with Gasteiger partial charge in [-0.05, 0) is 52.3 Å². The Kier molecular flexibility index (Phi) is 5.63. The van der Waals surface area contributed by atoms with Gasteiger partial charge in [0.25, 0.3) is 0 Å². The van der Waals surface area contributed by atoms with Crippen molar-refractivity contribution in [2.24, 2.45) is 0 Å². The number of hydrogen-bond acceptors (Lipinski definition) is 5. The molecule has 0 unspecified atom stereocenters. The van der Waals surface area contributed by atoms with Crippen LogP contribution >= 0.6 is 23.1 Å². The summed E-state index contributed by atoms with van der Waals surface area (Å²) in [6.45, 7) is 10.7. The molecule has 136 valence electrons. The molecule has 4 nitrogen and oxygen atoms in total. The monoisotopic (exact) mass is 385 g/mol. The number of rotatable bonds is 5. The number of aromatic nitrogens is 2. The zero-order valence-corrected chi connectivity index (χ0v) is 17.4. The second-order valence-electron chi connectivity index (χ2n) is 6.22. The Morgan fingerprint density at radius 1 is 1.19 bits per heavy atom. The summed E-state index contributed by atoms with van der Waals surface area (Å²) >= 11 is 3.22. The molecule has 0 saturated heterocycles. The van der Waals surface area contributed by atoms with Crippen molar-refractivity contribution in [3.8, 4) is 0 Å². The van der Waals surface area contributed by atoms with E-state index < -0.39 is 0 Å². The molecular weight excluding hydrogens is 362 g/mol. The van der Waals surface area contributed by atoms with Crippen LogP contribution in [-0.2, 0) is 4.79 Å². The maximum Gasteiger partial charge on any atom is 0.240 e. The van der Waals surface area contributed by atoms with E-state index >= 15 is 0 Å². The lowest BCUT2D eigenvalue weighted by molar-refractivity contribution is -0.117. The molecule has 0 aliphatic heterocycles. The number of benzene rings is 1. The molecule has 3 rings (SSSR count). The molecule has 0 radical (unpaired) electrons. The van der Waals surface area contributed by atoms with Crippen LogP contribution in [0.4, 0.5) is 5.69 Å². The molecule has 26 heavy (non-hydrogen) atoms. The number of anilines is 1. The lowest BCUT2D eigenvalue weighted by Gasteiger charge is -2.24. The largest absolute Gasteiger partial charge is 0.312 e. The number of thioether (sulfide) groups is 1. The van der Waals surface area contributed by atoms with E-state index in [2.05, 4.69) is 23.8 Å². The Labute approximate surface area is 162 Å². The summed E-state index contributed by atoms with van der Waals surface area (Å²) in [5, 5.41) is 1.76. The van der Waals surface area contributed by atoms with Crippen LogP contribution in [0.3, 0.4) is 0 Å². The molecular formula is C20H23N3OS2. The minimum absolute atomic E-state index is 0.0951. The number of nitrogens with zero attached hydrogens (tertiary/aromatic N) is 3. The minimum Gasteiger partial charge on any atom is -0.312 e. The zero-order valence-electron chi connectivity index (χ0n) is 15.7. The van der Waals surface area contributed by atoms with Gasteiger partial charge in [-0.25, -0.2) is 9.97 Å². The van der Waals surface area contributed by atoms with E-state index in [1.165, 1.54) is 22.2 Å². The van der Waals surface area contributed by atoms with Gasteiger partial charge in [0, 0.05) is 22.5 Å². The maximum absolute atomic E-state index is 13.1. The molecule has 0 spiro atoms. The number of amides is 1. The van der Waals surface area contributed by atoms with E-state index in [1.807, 2.05) is 56.0 Å². The second kappa shape index (κ2) is 7.76. The number of para-hydroxylation sites is 1. The molecule has 1 aromatic carbocycles. The first kappa shape index (κ1) is 18.9. The normalized spacial score (nSPS) is 12.3. The number of carbonyl (C=O) groups is 1. The highest BCUT2D eigenvalue weighted by molar-refractivity contribution is 8.00. The molecule has 2 heterocycles. The molecule has 0 bridgehead atoms. The lowest BCUT2D eigenvalue weighted by atomic mass is 10.2. The number of thiophene rings is 1. The van der Waals surface area contributed by atoms with Crippen LogP contribution in [0.5, 0.6) is 0 Å². The summed E-state index contributed by atoms with van der Waals surface area (Å²) in [7, 11) is 0. The van der Waals surface area contributed by atoms with E-state index in [0.717, 1.165) is 26.8 Å². The third-order valence-corrected chi connectivity index (χ3v) is 6.57. The summed E-state index contributed by atoms with van der Waals surface area (Å²) in [5.74, 6) is 0.842. The highest BCUT2D eigenvalue weighted by Crippen LogP contribution is 2.37. The molecule has 1 atom stereocenters. The number of carbonyl (C=O) groups excluding carboxylic acids is 1. The average Bonchev–Trinajstić information content (AvgIpc) is 2.90. The van der Waals surface area contributed by atoms with Gasteiger partial charge in [0.05, 0.1) is 5.25 Å². The van der Waals surface area contributed by atoms with Crippen molar-refractivity contribution in [2.45, 2.75) is 44.9 Å². The fraction of sp³-hybridized carbons (Fsp3) is 0.350. The molecule has 3 aromatic rings. The summed E-state index contributed by atoms with van der Waals surface area (Å²) in [4.78, 5) is 26.3. The van der Waals surface area contributed by atoms with Crippen molar-refractivity contribution < 1.29 is 4.79 Å². The van der Waals surface area contributed by atoms with Crippen LogP contribution in [0, 0.1) is 20.8 Å². The quantitative estimate of drug-likeness (QED) is 0.450. The Bertz CT molecular complexity index is 937. The standard InChI is InChI=1S/C20H23N3OS2/c1-6-23(16-10-8-7-9-11-16)20(24)14(4)26-19-17-12(2)13(3)25-18(17)21-15(5)22-19/h7-11,14H,6H2,1-5H3/t14-/m1/s1. The van der Waals surface area contributed by atoms with Gasteiger partial charge in [0.2, 0.25) is 5.91 Å². The number of aryl methyl sites for hydroxylation is 3. The van der Waals surface area contributed by atoms with Gasteiger partial charge < -0.3 is 4.90 Å². The van der Waals surface area contributed by atoms with Crippen LogP contribution in [0.15, 0.2) is 35.4 Å². The second-order valence-corrected chi connectivity index (χ2v) is 8.75. The summed E-state index contributed by atoms with van der Waals surface area (Å²) < 4.78 is 0. The van der Waals surface area contributed by atoms with E-state index in [9.17, 15) is 4.79 Å². The number of fused-ring (bicyclic) bond motifs is 1. The Hall–Kier alpha value is -1.92. The molecule has 6 heteroatoms. The van der Waals surface area contributed by atoms with Crippen molar-refractivity contribution in [3.05, 3.63) is 46.6 Å². The predicted molar refractivity (Wildman–Crippen MR) is 111 cm³/mol. The lowest BCUT2D eigenvalue weighted by Crippen LogP contribution is -2.36. The third-order valence-electron chi connectivity index (χ3n) is 4.39. The first-order valence-electron chi connectivity index (χ1n) is 8.69. The molecule has 2 aromatic heterocycles. The van der Waals surface area contributed by atoms with E-state index in [-0.39, 0.29) is 11.2 Å². The Morgan fingerprint density at radius 3 is 2.54 bits per heavy atom. The van der Waals surface area contributed by atoms with Gasteiger partial charge >= 0.3 is 0 Å². The van der Waals surface area contributed by atoms with Crippen molar-refractivity contribution in [1.82, 2.24) is 9.97 Å². The van der Waals surface area contributed by atoms with Crippen LogP contribution in [-0.4, -0.2) is 27.7 Å². The van der Waals surface area contributed by atoms with Gasteiger partial charge in [0.15, 0.2) is 0 Å². The van der Waals surface area contributed by atoms with Crippen molar-refractivity contribution in [1.29, 1.82) is 0 Å². The molecule has 0 fully saturated rings. The summed E-state index contributed by atoms with van der Waals surface area (Å²) in [5.41, 5.74) is 2.14. The SMILES string of the molecule is CCN(C(=O)[C@@H](C)Sc1nc(C)nc2sc(C)c(C)c12)c1ccccc1.